The summed E-state index contributed by atoms with van der Waals surface area (Å²) >= 11 is 0. The number of nitrogens with zero attached hydrogens (tertiary/aromatic N) is 1. The molecule has 1 aromatic rings. The molecular weight excluding hydrogens is 232 g/mol. The molecule has 0 radical (unpaired) electrons. The average Bonchev–Trinajstić information content (AvgIpc) is 3.31. The Hall–Kier alpha value is -0.860. The van der Waals surface area contributed by atoms with Crippen LogP contribution in [0.1, 0.15) is 38.2 Å². The van der Waals surface area contributed by atoms with Crippen molar-refractivity contribution >= 4 is 0 Å². The van der Waals surface area contributed by atoms with E-state index in [0.717, 1.165) is 25.2 Å². The van der Waals surface area contributed by atoms with Gasteiger partial charge in [0.15, 0.2) is 0 Å². The van der Waals surface area contributed by atoms with E-state index in [2.05, 4.69) is 54.5 Å². The summed E-state index contributed by atoms with van der Waals surface area (Å²) in [7, 11) is 2.29. The van der Waals surface area contributed by atoms with Crippen molar-refractivity contribution in [3.8, 4) is 0 Å². The molecule has 0 bridgehead atoms. The lowest BCUT2D eigenvalue weighted by Crippen LogP contribution is -2.45. The minimum Gasteiger partial charge on any atom is -0.313 e. The first-order chi connectivity index (χ1) is 9.17. The topological polar surface area (TPSA) is 15.3 Å². The van der Waals surface area contributed by atoms with Gasteiger partial charge in [0.1, 0.15) is 0 Å². The number of hydrogen-bond acceptors (Lipinski definition) is 2. The molecule has 2 fully saturated rings. The van der Waals surface area contributed by atoms with Crippen LogP contribution in [0.5, 0.6) is 0 Å². The van der Waals surface area contributed by atoms with Crippen molar-refractivity contribution in [2.45, 2.75) is 50.1 Å². The van der Waals surface area contributed by atoms with Crippen molar-refractivity contribution in [1.82, 2.24) is 10.2 Å². The third-order valence-corrected chi connectivity index (χ3v) is 4.60. The summed E-state index contributed by atoms with van der Waals surface area (Å²) in [4.78, 5) is 2.56. The van der Waals surface area contributed by atoms with Crippen LogP contribution >= 0.6 is 0 Å². The van der Waals surface area contributed by atoms with E-state index in [4.69, 9.17) is 0 Å². The lowest BCUT2D eigenvalue weighted by molar-refractivity contribution is 0.241. The van der Waals surface area contributed by atoms with Crippen LogP contribution in [0.2, 0.25) is 0 Å². The molecular formula is C17H26N2. The second-order valence-electron chi connectivity index (χ2n) is 6.73. The van der Waals surface area contributed by atoms with E-state index in [0.29, 0.717) is 0 Å². The lowest BCUT2D eigenvalue weighted by Gasteiger charge is -2.35. The summed E-state index contributed by atoms with van der Waals surface area (Å²) in [6.45, 7) is 4.66. The molecule has 104 valence electrons. The normalized spacial score (nSPS) is 22.5. The van der Waals surface area contributed by atoms with Gasteiger partial charge in [-0.05, 0) is 38.3 Å². The van der Waals surface area contributed by atoms with Gasteiger partial charge in [-0.25, -0.2) is 0 Å². The first kappa shape index (κ1) is 13.1. The van der Waals surface area contributed by atoms with E-state index >= 15 is 0 Å². The first-order valence-corrected chi connectivity index (χ1v) is 7.66. The van der Waals surface area contributed by atoms with Crippen LogP contribution in [-0.2, 0) is 5.41 Å². The van der Waals surface area contributed by atoms with Gasteiger partial charge < -0.3 is 10.2 Å². The lowest BCUT2D eigenvalue weighted by atomic mass is 9.81. The van der Waals surface area contributed by atoms with Crippen LogP contribution in [-0.4, -0.2) is 37.1 Å². The molecule has 2 aliphatic rings. The molecule has 3 rings (SSSR count). The predicted octanol–water partition coefficient (Wildman–Crippen LogP) is 2.79. The quantitative estimate of drug-likeness (QED) is 0.809. The van der Waals surface area contributed by atoms with Crippen molar-refractivity contribution in [2.24, 2.45) is 0 Å². The molecule has 1 N–H and O–H groups in total. The monoisotopic (exact) mass is 258 g/mol. The van der Waals surface area contributed by atoms with Gasteiger partial charge in [0.25, 0.3) is 0 Å². The fourth-order valence-corrected chi connectivity index (χ4v) is 2.94. The van der Waals surface area contributed by atoms with Gasteiger partial charge in [-0.1, -0.05) is 37.3 Å². The van der Waals surface area contributed by atoms with Crippen LogP contribution in [0.25, 0.3) is 0 Å². The van der Waals surface area contributed by atoms with Crippen LogP contribution in [0.4, 0.5) is 0 Å². The Morgan fingerprint density at radius 2 is 1.84 bits per heavy atom. The van der Waals surface area contributed by atoms with E-state index in [-0.39, 0.29) is 5.41 Å². The molecule has 0 aliphatic heterocycles. The first-order valence-electron chi connectivity index (χ1n) is 7.66. The van der Waals surface area contributed by atoms with E-state index in [1.54, 1.807) is 0 Å². The third-order valence-electron chi connectivity index (χ3n) is 4.60. The van der Waals surface area contributed by atoms with Gasteiger partial charge >= 0.3 is 0 Å². The van der Waals surface area contributed by atoms with Gasteiger partial charge in [0, 0.05) is 30.6 Å². The number of likely N-dealkylation sites (N-methyl/N-ethyl adjacent to an activating group) is 1. The van der Waals surface area contributed by atoms with Crippen LogP contribution in [0.15, 0.2) is 30.3 Å². The zero-order valence-corrected chi connectivity index (χ0v) is 12.2. The van der Waals surface area contributed by atoms with Crippen LogP contribution < -0.4 is 5.32 Å². The van der Waals surface area contributed by atoms with Crippen molar-refractivity contribution in [3.63, 3.8) is 0 Å². The molecule has 2 aliphatic carbocycles. The highest BCUT2D eigenvalue weighted by atomic mass is 15.2. The number of rotatable bonds is 7. The van der Waals surface area contributed by atoms with E-state index in [9.17, 15) is 0 Å². The standard InChI is InChI=1S/C17H26N2/c1-17(12-18-15-8-9-15,13-19(2)16-10-11-16)14-6-4-3-5-7-14/h3-7,15-16,18H,8-13H2,1-2H3. The van der Waals surface area contributed by atoms with Crippen LogP contribution in [0.3, 0.4) is 0 Å². The molecule has 19 heavy (non-hydrogen) atoms. The Labute approximate surface area is 117 Å². The van der Waals surface area contributed by atoms with Crippen molar-refractivity contribution in [3.05, 3.63) is 35.9 Å². The smallest absolute Gasteiger partial charge is 0.0177 e. The summed E-state index contributed by atoms with van der Waals surface area (Å²) in [6.07, 6.45) is 5.50. The molecule has 2 saturated carbocycles. The Balaban J connectivity index is 1.72. The Bertz CT molecular complexity index is 409. The molecule has 2 heteroatoms. The van der Waals surface area contributed by atoms with Crippen LogP contribution in [0, 0.1) is 0 Å². The highest BCUT2D eigenvalue weighted by Crippen LogP contribution is 2.31. The van der Waals surface area contributed by atoms with Gasteiger partial charge in [-0.15, -0.1) is 0 Å². The Kier molecular flexibility index (Phi) is 3.64. The molecule has 0 saturated heterocycles. The van der Waals surface area contributed by atoms with E-state index in [1.165, 1.54) is 31.2 Å². The number of benzene rings is 1. The Morgan fingerprint density at radius 3 is 2.42 bits per heavy atom. The summed E-state index contributed by atoms with van der Waals surface area (Å²) in [6, 6.07) is 12.6. The molecule has 1 aromatic carbocycles. The zero-order valence-electron chi connectivity index (χ0n) is 12.2. The van der Waals surface area contributed by atoms with Gasteiger partial charge in [0.05, 0.1) is 0 Å². The predicted molar refractivity (Wildman–Crippen MR) is 80.5 cm³/mol. The van der Waals surface area contributed by atoms with Gasteiger partial charge in [0.2, 0.25) is 0 Å². The fourth-order valence-electron chi connectivity index (χ4n) is 2.94. The minimum absolute atomic E-state index is 0.223. The molecule has 2 nitrogen and oxygen atoms in total. The maximum Gasteiger partial charge on any atom is 0.0177 e. The third kappa shape index (κ3) is 3.37. The van der Waals surface area contributed by atoms with Crippen molar-refractivity contribution in [2.75, 3.05) is 20.1 Å². The summed E-state index contributed by atoms with van der Waals surface area (Å²) in [5.41, 5.74) is 1.69. The zero-order chi connectivity index (χ0) is 13.3. The fraction of sp³-hybridized carbons (Fsp3) is 0.647. The van der Waals surface area contributed by atoms with E-state index in [1.807, 2.05) is 0 Å². The van der Waals surface area contributed by atoms with Gasteiger partial charge in [-0.2, -0.15) is 0 Å². The molecule has 1 unspecified atom stereocenters. The maximum atomic E-state index is 3.73. The van der Waals surface area contributed by atoms with Gasteiger partial charge in [-0.3, -0.25) is 0 Å². The van der Waals surface area contributed by atoms with Crippen molar-refractivity contribution in [1.29, 1.82) is 0 Å². The summed E-state index contributed by atoms with van der Waals surface area (Å²) in [5, 5.41) is 3.73. The highest BCUT2D eigenvalue weighted by molar-refractivity contribution is 5.26. The molecule has 0 aromatic heterocycles. The second-order valence-corrected chi connectivity index (χ2v) is 6.73. The summed E-state index contributed by atoms with van der Waals surface area (Å²) in [5.74, 6) is 0. The molecule has 0 amide bonds. The number of hydrogen-bond donors (Lipinski definition) is 1. The van der Waals surface area contributed by atoms with E-state index < -0.39 is 0 Å². The maximum absolute atomic E-state index is 3.73. The molecule has 0 heterocycles. The molecule has 1 atom stereocenters. The molecule has 0 spiro atoms. The Morgan fingerprint density at radius 1 is 1.16 bits per heavy atom. The number of nitrogens with one attached hydrogen (secondary N) is 1. The average molecular weight is 258 g/mol. The van der Waals surface area contributed by atoms with Crippen molar-refractivity contribution < 1.29 is 0 Å². The highest BCUT2D eigenvalue weighted by Gasteiger charge is 2.35. The largest absolute Gasteiger partial charge is 0.313 e. The second kappa shape index (κ2) is 5.26. The SMILES string of the molecule is CN(CC(C)(CNC1CC1)c1ccccc1)C1CC1. The summed E-state index contributed by atoms with van der Waals surface area (Å²) < 4.78 is 0. The minimum atomic E-state index is 0.223.